The second-order valence-electron chi connectivity index (χ2n) is 5.49. The Labute approximate surface area is 121 Å². The van der Waals surface area contributed by atoms with Crippen LogP contribution in [0.4, 0.5) is 0 Å². The van der Waals surface area contributed by atoms with Gasteiger partial charge in [-0.3, -0.25) is 4.79 Å². The van der Waals surface area contributed by atoms with Gasteiger partial charge in [-0.25, -0.2) is 0 Å². The molecule has 3 nitrogen and oxygen atoms in total. The molecular weight excluding hydrogens is 250 g/mol. The number of benzene rings is 1. The third kappa shape index (κ3) is 2.78. The highest BCUT2D eigenvalue weighted by molar-refractivity contribution is 5.86. The van der Waals surface area contributed by atoms with Crippen LogP contribution in [0.5, 0.6) is 0 Å². The minimum Gasteiger partial charge on any atom is -0.465 e. The molecule has 1 aliphatic carbocycles. The maximum Gasteiger partial charge on any atom is 0.320 e. The van der Waals surface area contributed by atoms with E-state index in [9.17, 15) is 4.79 Å². The van der Waals surface area contributed by atoms with Crippen molar-refractivity contribution in [1.29, 1.82) is 0 Å². The zero-order valence-corrected chi connectivity index (χ0v) is 12.5. The fraction of sp³-hybridized carbons (Fsp3) is 0.471. The summed E-state index contributed by atoms with van der Waals surface area (Å²) < 4.78 is 5.33. The lowest BCUT2D eigenvalue weighted by Gasteiger charge is -2.35. The van der Waals surface area contributed by atoms with Gasteiger partial charge >= 0.3 is 5.97 Å². The Balaban J connectivity index is 2.37. The second-order valence-corrected chi connectivity index (χ2v) is 5.49. The van der Waals surface area contributed by atoms with Crippen molar-refractivity contribution in [2.24, 2.45) is 0 Å². The van der Waals surface area contributed by atoms with Gasteiger partial charge in [0.2, 0.25) is 0 Å². The van der Waals surface area contributed by atoms with E-state index in [4.69, 9.17) is 4.74 Å². The van der Waals surface area contributed by atoms with E-state index < -0.39 is 5.41 Å². The Hall–Kier alpha value is -1.61. The van der Waals surface area contributed by atoms with E-state index in [0.29, 0.717) is 12.6 Å². The summed E-state index contributed by atoms with van der Waals surface area (Å²) in [7, 11) is 4.13. The Kier molecular flexibility index (Phi) is 4.61. The predicted molar refractivity (Wildman–Crippen MR) is 80.6 cm³/mol. The molecule has 0 N–H and O–H groups in total. The van der Waals surface area contributed by atoms with Gasteiger partial charge in [-0.2, -0.15) is 0 Å². The normalized spacial score (nSPS) is 25.7. The average Bonchev–Trinajstić information content (AvgIpc) is 2.48. The van der Waals surface area contributed by atoms with Crippen LogP contribution >= 0.6 is 0 Å². The SMILES string of the molecule is CCOC(=O)[C@@]1(c2ccccc2)C=C[C@H](N(C)C)CC1. The van der Waals surface area contributed by atoms with Crippen LogP contribution in [0.15, 0.2) is 42.5 Å². The van der Waals surface area contributed by atoms with Crippen LogP contribution in [0, 0.1) is 0 Å². The minimum atomic E-state index is -0.621. The van der Waals surface area contributed by atoms with Crippen molar-refractivity contribution in [2.45, 2.75) is 31.2 Å². The molecule has 0 amide bonds. The first-order chi connectivity index (χ1) is 9.60. The second kappa shape index (κ2) is 6.23. The number of rotatable bonds is 4. The number of hydrogen-bond donors (Lipinski definition) is 0. The predicted octanol–water partition coefficient (Wildman–Crippen LogP) is 2.77. The molecule has 0 saturated heterocycles. The average molecular weight is 273 g/mol. The monoisotopic (exact) mass is 273 g/mol. The molecule has 0 heterocycles. The third-order valence-corrected chi connectivity index (χ3v) is 4.03. The molecule has 0 aliphatic heterocycles. The highest BCUT2D eigenvalue weighted by Gasteiger charge is 2.41. The van der Waals surface area contributed by atoms with E-state index in [-0.39, 0.29) is 5.97 Å². The summed E-state index contributed by atoms with van der Waals surface area (Å²) in [6.07, 6.45) is 5.91. The van der Waals surface area contributed by atoms with Crippen LogP contribution in [0.3, 0.4) is 0 Å². The van der Waals surface area contributed by atoms with E-state index in [1.54, 1.807) is 0 Å². The van der Waals surface area contributed by atoms with Gasteiger partial charge in [0.05, 0.1) is 6.61 Å². The Morgan fingerprint density at radius 1 is 1.35 bits per heavy atom. The summed E-state index contributed by atoms with van der Waals surface area (Å²) in [6.45, 7) is 2.27. The summed E-state index contributed by atoms with van der Waals surface area (Å²) in [5, 5.41) is 0. The number of likely N-dealkylation sites (N-methyl/N-ethyl adjacent to an activating group) is 1. The summed E-state index contributed by atoms with van der Waals surface area (Å²) >= 11 is 0. The molecule has 0 radical (unpaired) electrons. The fourth-order valence-electron chi connectivity index (χ4n) is 2.78. The van der Waals surface area contributed by atoms with Crippen LogP contribution in [0.2, 0.25) is 0 Å². The van der Waals surface area contributed by atoms with E-state index >= 15 is 0 Å². The number of hydrogen-bond acceptors (Lipinski definition) is 3. The molecule has 0 fully saturated rings. The van der Waals surface area contributed by atoms with Crippen LogP contribution in [0.1, 0.15) is 25.3 Å². The van der Waals surface area contributed by atoms with Crippen LogP contribution in [0.25, 0.3) is 0 Å². The maximum absolute atomic E-state index is 12.5. The lowest BCUT2D eigenvalue weighted by Crippen LogP contribution is -2.41. The Bertz CT molecular complexity index is 481. The molecule has 108 valence electrons. The van der Waals surface area contributed by atoms with Crippen molar-refractivity contribution < 1.29 is 9.53 Å². The minimum absolute atomic E-state index is 0.139. The molecule has 0 bridgehead atoms. The number of nitrogens with zero attached hydrogens (tertiary/aromatic N) is 1. The van der Waals surface area contributed by atoms with E-state index in [1.807, 2.05) is 43.3 Å². The van der Waals surface area contributed by atoms with Crippen molar-refractivity contribution in [3.8, 4) is 0 Å². The van der Waals surface area contributed by atoms with Gasteiger partial charge in [0.25, 0.3) is 0 Å². The van der Waals surface area contributed by atoms with Gasteiger partial charge in [-0.1, -0.05) is 42.5 Å². The zero-order chi connectivity index (χ0) is 14.6. The van der Waals surface area contributed by atoms with Crippen molar-refractivity contribution in [1.82, 2.24) is 4.90 Å². The number of esters is 1. The lowest BCUT2D eigenvalue weighted by atomic mass is 9.72. The number of carbonyl (C=O) groups is 1. The maximum atomic E-state index is 12.5. The molecule has 1 aromatic carbocycles. The smallest absolute Gasteiger partial charge is 0.320 e. The molecular formula is C17H23NO2. The van der Waals surface area contributed by atoms with Crippen molar-refractivity contribution >= 4 is 5.97 Å². The van der Waals surface area contributed by atoms with Gasteiger partial charge in [0, 0.05) is 6.04 Å². The quantitative estimate of drug-likeness (QED) is 0.624. The van der Waals surface area contributed by atoms with Crippen molar-refractivity contribution in [2.75, 3.05) is 20.7 Å². The molecule has 0 spiro atoms. The van der Waals surface area contributed by atoms with E-state index in [1.165, 1.54) is 0 Å². The first-order valence-electron chi connectivity index (χ1n) is 7.18. The zero-order valence-electron chi connectivity index (χ0n) is 12.5. The Morgan fingerprint density at radius 3 is 2.55 bits per heavy atom. The van der Waals surface area contributed by atoms with Crippen LogP contribution in [-0.4, -0.2) is 37.6 Å². The fourth-order valence-corrected chi connectivity index (χ4v) is 2.78. The highest BCUT2D eigenvalue weighted by Crippen LogP contribution is 2.37. The largest absolute Gasteiger partial charge is 0.465 e. The summed E-state index contributed by atoms with van der Waals surface area (Å²) in [6, 6.07) is 10.3. The first kappa shape index (κ1) is 14.8. The van der Waals surface area contributed by atoms with Crippen LogP contribution < -0.4 is 0 Å². The first-order valence-corrected chi connectivity index (χ1v) is 7.18. The standard InChI is InChI=1S/C17H23NO2/c1-4-20-16(19)17(14-8-6-5-7-9-14)12-10-15(11-13-17)18(2)3/h5-10,12,15H,4,11,13H2,1-3H3/t15-,17-/m0/s1. The van der Waals surface area contributed by atoms with Gasteiger partial charge in [0.1, 0.15) is 5.41 Å². The number of carbonyl (C=O) groups excluding carboxylic acids is 1. The lowest BCUT2D eigenvalue weighted by molar-refractivity contribution is -0.148. The highest BCUT2D eigenvalue weighted by atomic mass is 16.5. The van der Waals surface area contributed by atoms with Crippen molar-refractivity contribution in [3.63, 3.8) is 0 Å². The summed E-state index contributed by atoms with van der Waals surface area (Å²) in [5.41, 5.74) is 0.399. The molecule has 0 unspecified atom stereocenters. The molecule has 2 atom stereocenters. The third-order valence-electron chi connectivity index (χ3n) is 4.03. The molecule has 0 saturated carbocycles. The van der Waals surface area contributed by atoms with Crippen LogP contribution in [-0.2, 0) is 14.9 Å². The Morgan fingerprint density at radius 2 is 2.05 bits per heavy atom. The molecule has 0 aromatic heterocycles. The van der Waals surface area contributed by atoms with Gasteiger partial charge in [-0.15, -0.1) is 0 Å². The molecule has 20 heavy (non-hydrogen) atoms. The summed E-state index contributed by atoms with van der Waals surface area (Å²) in [4.78, 5) is 14.7. The summed E-state index contributed by atoms with van der Waals surface area (Å²) in [5.74, 6) is -0.139. The molecule has 1 aliphatic rings. The van der Waals surface area contributed by atoms with E-state index in [2.05, 4.69) is 25.1 Å². The topological polar surface area (TPSA) is 29.5 Å². The molecule has 2 rings (SSSR count). The number of ether oxygens (including phenoxy) is 1. The van der Waals surface area contributed by atoms with E-state index in [0.717, 1.165) is 18.4 Å². The van der Waals surface area contributed by atoms with Crippen molar-refractivity contribution in [3.05, 3.63) is 48.0 Å². The molecule has 1 aromatic rings. The van der Waals surface area contributed by atoms with Gasteiger partial charge in [-0.05, 0) is 39.4 Å². The molecule has 3 heteroatoms. The van der Waals surface area contributed by atoms with Gasteiger partial charge in [0.15, 0.2) is 0 Å². The van der Waals surface area contributed by atoms with Gasteiger partial charge < -0.3 is 9.64 Å².